The maximum atomic E-state index is 13.0. The molecule has 1 atom stereocenters. The summed E-state index contributed by atoms with van der Waals surface area (Å²) < 4.78 is 10.9. The number of benzene rings is 2. The second-order valence-corrected chi connectivity index (χ2v) is 8.97. The molecule has 1 aliphatic rings. The van der Waals surface area contributed by atoms with Gasteiger partial charge in [-0.3, -0.25) is 14.5 Å². The Morgan fingerprint density at radius 3 is 2.88 bits per heavy atom. The predicted molar refractivity (Wildman–Crippen MR) is 130 cm³/mol. The average molecular weight is 466 g/mol. The fraction of sp³-hybridized carbons (Fsp3) is 0.320. The zero-order chi connectivity index (χ0) is 23.5. The van der Waals surface area contributed by atoms with E-state index in [0.717, 1.165) is 39.5 Å². The van der Waals surface area contributed by atoms with Crippen molar-refractivity contribution in [3.63, 3.8) is 0 Å². The highest BCUT2D eigenvalue weighted by atomic mass is 32.1. The lowest BCUT2D eigenvalue weighted by molar-refractivity contribution is -0.127. The molecule has 1 aliphatic heterocycles. The molecular weight excluding hydrogens is 438 g/mol. The molecule has 0 spiro atoms. The van der Waals surface area contributed by atoms with Crippen LogP contribution in [0, 0.1) is 13.8 Å². The summed E-state index contributed by atoms with van der Waals surface area (Å²) in [4.78, 5) is 32.0. The number of amides is 2. The molecule has 0 fully saturated rings. The summed E-state index contributed by atoms with van der Waals surface area (Å²) in [6.07, 6.45) is 0.0763. The number of rotatable bonds is 7. The van der Waals surface area contributed by atoms with Crippen LogP contribution in [0.4, 0.5) is 11.4 Å². The lowest BCUT2D eigenvalue weighted by Gasteiger charge is -2.33. The van der Waals surface area contributed by atoms with Crippen LogP contribution in [0.15, 0.2) is 41.8 Å². The summed E-state index contributed by atoms with van der Waals surface area (Å²) in [5.41, 5.74) is 5.08. The Balaban J connectivity index is 1.59. The SMILES string of the molecule is COCCc1nc(-c2ccc3c(c2)N(CC(=O)Nc2cccc(C)c2C)C(=O)C(C)O3)cs1. The molecular formula is C25H27N3O4S. The fourth-order valence-electron chi connectivity index (χ4n) is 3.70. The summed E-state index contributed by atoms with van der Waals surface area (Å²) in [6.45, 7) is 6.16. The minimum atomic E-state index is -0.670. The molecule has 1 N–H and O–H groups in total. The van der Waals surface area contributed by atoms with Crippen LogP contribution in [0.2, 0.25) is 0 Å². The topological polar surface area (TPSA) is 80.8 Å². The second-order valence-electron chi connectivity index (χ2n) is 8.03. The molecule has 0 aliphatic carbocycles. The van der Waals surface area contributed by atoms with E-state index in [1.54, 1.807) is 25.4 Å². The van der Waals surface area contributed by atoms with E-state index in [-0.39, 0.29) is 18.4 Å². The Kier molecular flexibility index (Phi) is 6.76. The zero-order valence-corrected chi connectivity index (χ0v) is 20.0. The molecule has 1 unspecified atom stereocenters. The van der Waals surface area contributed by atoms with Gasteiger partial charge in [-0.2, -0.15) is 0 Å². The van der Waals surface area contributed by atoms with E-state index >= 15 is 0 Å². The van der Waals surface area contributed by atoms with E-state index in [4.69, 9.17) is 9.47 Å². The first-order chi connectivity index (χ1) is 15.9. The number of aromatic nitrogens is 1. The fourth-order valence-corrected chi connectivity index (χ4v) is 4.49. The third kappa shape index (κ3) is 4.91. The first kappa shape index (κ1) is 22.9. The molecule has 0 saturated heterocycles. The third-order valence-corrected chi connectivity index (χ3v) is 6.62. The number of anilines is 2. The summed E-state index contributed by atoms with van der Waals surface area (Å²) in [7, 11) is 1.67. The molecule has 2 amide bonds. The summed E-state index contributed by atoms with van der Waals surface area (Å²) in [5, 5.41) is 5.90. The van der Waals surface area contributed by atoms with Gasteiger partial charge in [0.25, 0.3) is 5.91 Å². The highest BCUT2D eigenvalue weighted by molar-refractivity contribution is 7.09. The number of aryl methyl sites for hydroxylation is 1. The van der Waals surface area contributed by atoms with Gasteiger partial charge in [-0.1, -0.05) is 12.1 Å². The minimum Gasteiger partial charge on any atom is -0.479 e. The van der Waals surface area contributed by atoms with Crippen LogP contribution in [0.1, 0.15) is 23.1 Å². The standard InChI is InChI=1S/C25H27N3O4S/c1-15-6-5-7-19(16(15)2)26-23(29)13-28-21-12-18(8-9-22(21)32-17(3)25(28)30)20-14-33-24(27-20)10-11-31-4/h5-9,12,14,17H,10-11,13H2,1-4H3,(H,26,29). The Hall–Kier alpha value is -3.23. The van der Waals surface area contributed by atoms with Crippen molar-refractivity contribution in [1.29, 1.82) is 0 Å². The van der Waals surface area contributed by atoms with E-state index < -0.39 is 6.10 Å². The number of nitrogens with one attached hydrogen (secondary N) is 1. The molecule has 0 bridgehead atoms. The van der Waals surface area contributed by atoms with Crippen LogP contribution in [-0.4, -0.2) is 43.2 Å². The van der Waals surface area contributed by atoms with E-state index in [9.17, 15) is 9.59 Å². The van der Waals surface area contributed by atoms with Gasteiger partial charge < -0.3 is 14.8 Å². The van der Waals surface area contributed by atoms with Gasteiger partial charge in [0.05, 0.1) is 23.0 Å². The van der Waals surface area contributed by atoms with Crippen molar-refractivity contribution in [3.8, 4) is 17.0 Å². The number of hydrogen-bond donors (Lipinski definition) is 1. The molecule has 33 heavy (non-hydrogen) atoms. The minimum absolute atomic E-state index is 0.105. The highest BCUT2D eigenvalue weighted by Gasteiger charge is 2.33. The van der Waals surface area contributed by atoms with Crippen LogP contribution >= 0.6 is 11.3 Å². The second kappa shape index (κ2) is 9.72. The third-order valence-electron chi connectivity index (χ3n) is 5.72. The normalized spacial score (nSPS) is 15.2. The lowest BCUT2D eigenvalue weighted by Crippen LogP contribution is -2.47. The number of nitrogens with zero attached hydrogens (tertiary/aromatic N) is 2. The average Bonchev–Trinajstić information content (AvgIpc) is 3.27. The lowest BCUT2D eigenvalue weighted by atomic mass is 10.1. The molecule has 0 radical (unpaired) electrons. The molecule has 2 heterocycles. The number of carbonyl (C=O) groups excluding carboxylic acids is 2. The van der Waals surface area contributed by atoms with Gasteiger partial charge in [0.2, 0.25) is 5.91 Å². The van der Waals surface area contributed by atoms with Gasteiger partial charge in [0, 0.05) is 30.2 Å². The smallest absolute Gasteiger partial charge is 0.268 e. The van der Waals surface area contributed by atoms with Crippen molar-refractivity contribution in [1.82, 2.24) is 4.98 Å². The van der Waals surface area contributed by atoms with E-state index in [1.165, 1.54) is 4.90 Å². The maximum Gasteiger partial charge on any atom is 0.268 e. The van der Waals surface area contributed by atoms with Crippen LogP contribution in [-0.2, 0) is 20.7 Å². The molecule has 172 valence electrons. The molecule has 2 aromatic carbocycles. The Labute approximate surface area is 197 Å². The number of carbonyl (C=O) groups is 2. The monoisotopic (exact) mass is 465 g/mol. The first-order valence-corrected chi connectivity index (χ1v) is 11.7. The quantitative estimate of drug-likeness (QED) is 0.561. The van der Waals surface area contributed by atoms with Crippen LogP contribution in [0.5, 0.6) is 5.75 Å². The van der Waals surface area contributed by atoms with Gasteiger partial charge in [0.1, 0.15) is 12.3 Å². The van der Waals surface area contributed by atoms with Gasteiger partial charge in [-0.25, -0.2) is 4.98 Å². The Bertz CT molecular complexity index is 1190. The van der Waals surface area contributed by atoms with Crippen molar-refractivity contribution in [3.05, 3.63) is 57.9 Å². The Morgan fingerprint density at radius 2 is 2.09 bits per heavy atom. The first-order valence-electron chi connectivity index (χ1n) is 10.8. The van der Waals surface area contributed by atoms with Gasteiger partial charge >= 0.3 is 0 Å². The van der Waals surface area contributed by atoms with E-state index in [2.05, 4.69) is 10.3 Å². The van der Waals surface area contributed by atoms with Crippen molar-refractivity contribution in [2.45, 2.75) is 33.3 Å². The van der Waals surface area contributed by atoms with Crippen molar-refractivity contribution in [2.24, 2.45) is 0 Å². The molecule has 0 saturated carbocycles. The number of thiazole rings is 1. The largest absolute Gasteiger partial charge is 0.479 e. The number of fused-ring (bicyclic) bond motifs is 1. The highest BCUT2D eigenvalue weighted by Crippen LogP contribution is 2.38. The van der Waals surface area contributed by atoms with Crippen LogP contribution in [0.25, 0.3) is 11.3 Å². The van der Waals surface area contributed by atoms with Crippen LogP contribution in [0.3, 0.4) is 0 Å². The van der Waals surface area contributed by atoms with Crippen molar-refractivity contribution >= 4 is 34.5 Å². The number of ether oxygens (including phenoxy) is 2. The molecule has 7 nitrogen and oxygen atoms in total. The van der Waals surface area contributed by atoms with Gasteiger partial charge in [-0.05, 0) is 56.2 Å². The maximum absolute atomic E-state index is 13.0. The number of hydrogen-bond acceptors (Lipinski definition) is 6. The number of methoxy groups -OCH3 is 1. The van der Waals surface area contributed by atoms with Crippen LogP contribution < -0.4 is 15.0 Å². The van der Waals surface area contributed by atoms with E-state index in [1.807, 2.05) is 55.6 Å². The summed E-state index contributed by atoms with van der Waals surface area (Å²) >= 11 is 1.57. The molecule has 3 aromatic rings. The summed E-state index contributed by atoms with van der Waals surface area (Å²) in [5.74, 6) is 0.0491. The predicted octanol–water partition coefficient (Wildman–Crippen LogP) is 4.37. The van der Waals surface area contributed by atoms with Gasteiger partial charge in [0.15, 0.2) is 6.10 Å². The Morgan fingerprint density at radius 1 is 1.27 bits per heavy atom. The van der Waals surface area contributed by atoms with Crippen molar-refractivity contribution < 1.29 is 19.1 Å². The van der Waals surface area contributed by atoms with Gasteiger partial charge in [-0.15, -0.1) is 11.3 Å². The van der Waals surface area contributed by atoms with E-state index in [0.29, 0.717) is 18.0 Å². The molecule has 4 rings (SSSR count). The molecule has 1 aromatic heterocycles. The zero-order valence-electron chi connectivity index (χ0n) is 19.2. The van der Waals surface area contributed by atoms with Crippen molar-refractivity contribution in [2.75, 3.05) is 30.5 Å². The summed E-state index contributed by atoms with van der Waals surface area (Å²) in [6, 6.07) is 11.4. The molecule has 8 heteroatoms.